The Labute approximate surface area is 130 Å². The van der Waals surface area contributed by atoms with Gasteiger partial charge in [-0.2, -0.15) is 0 Å². The van der Waals surface area contributed by atoms with Crippen LogP contribution in [0.25, 0.3) is 0 Å². The molecular weight excluding hydrogens is 364 g/mol. The molecule has 112 valence electrons. The Morgan fingerprint density at radius 2 is 1.86 bits per heavy atom. The van der Waals surface area contributed by atoms with Crippen molar-refractivity contribution in [2.75, 3.05) is 0 Å². The zero-order valence-electron chi connectivity index (χ0n) is 11.0. The molecule has 21 heavy (non-hydrogen) atoms. The van der Waals surface area contributed by atoms with Gasteiger partial charge in [0.05, 0.1) is 9.37 Å². The summed E-state index contributed by atoms with van der Waals surface area (Å²) in [4.78, 5) is -0.188. The number of benzene rings is 2. The van der Waals surface area contributed by atoms with Crippen LogP contribution >= 0.6 is 15.9 Å². The van der Waals surface area contributed by atoms with Gasteiger partial charge in [0.2, 0.25) is 10.0 Å². The highest BCUT2D eigenvalue weighted by molar-refractivity contribution is 9.10. The summed E-state index contributed by atoms with van der Waals surface area (Å²) in [6, 6.07) is 8.50. The van der Waals surface area contributed by atoms with Gasteiger partial charge in [-0.05, 0) is 58.7 Å². The molecule has 2 aromatic rings. The van der Waals surface area contributed by atoms with E-state index in [1.54, 1.807) is 13.0 Å². The van der Waals surface area contributed by atoms with Crippen molar-refractivity contribution in [3.63, 3.8) is 0 Å². The quantitative estimate of drug-likeness (QED) is 0.883. The summed E-state index contributed by atoms with van der Waals surface area (Å²) in [5.74, 6) is -1.12. The molecule has 0 heterocycles. The first-order chi connectivity index (χ1) is 9.79. The molecular formula is C14H12BrF2NO2S. The van der Waals surface area contributed by atoms with Crippen LogP contribution < -0.4 is 4.72 Å². The highest BCUT2D eigenvalue weighted by Gasteiger charge is 2.19. The van der Waals surface area contributed by atoms with E-state index in [2.05, 4.69) is 20.7 Å². The van der Waals surface area contributed by atoms with Crippen molar-refractivity contribution in [2.45, 2.75) is 17.9 Å². The maximum absolute atomic E-state index is 13.4. The lowest BCUT2D eigenvalue weighted by Crippen LogP contribution is -2.27. The third-order valence-electron chi connectivity index (χ3n) is 2.88. The molecule has 3 nitrogen and oxygen atoms in total. The SMILES string of the molecule is CC(NS(=O)(=O)c1ccc(Br)c(F)c1)c1cccc(F)c1. The van der Waals surface area contributed by atoms with E-state index in [0.29, 0.717) is 5.56 Å². The first-order valence-corrected chi connectivity index (χ1v) is 8.30. The number of hydrogen-bond acceptors (Lipinski definition) is 2. The van der Waals surface area contributed by atoms with Crippen LogP contribution in [0.3, 0.4) is 0 Å². The summed E-state index contributed by atoms with van der Waals surface area (Å²) in [6.45, 7) is 1.58. The van der Waals surface area contributed by atoms with Crippen LogP contribution in [-0.2, 0) is 10.0 Å². The Morgan fingerprint density at radius 3 is 2.48 bits per heavy atom. The van der Waals surface area contributed by atoms with Gasteiger partial charge in [-0.3, -0.25) is 0 Å². The monoisotopic (exact) mass is 375 g/mol. The third kappa shape index (κ3) is 3.87. The molecule has 0 fully saturated rings. The molecule has 7 heteroatoms. The van der Waals surface area contributed by atoms with Crippen LogP contribution in [0.15, 0.2) is 51.8 Å². The maximum atomic E-state index is 13.4. The zero-order valence-corrected chi connectivity index (χ0v) is 13.4. The molecule has 0 amide bonds. The van der Waals surface area contributed by atoms with Crippen LogP contribution in [0.2, 0.25) is 0 Å². The van der Waals surface area contributed by atoms with E-state index in [0.717, 1.165) is 6.07 Å². The second-order valence-corrected chi connectivity index (χ2v) is 7.04. The molecule has 0 aliphatic heterocycles. The van der Waals surface area contributed by atoms with Gasteiger partial charge in [-0.1, -0.05) is 12.1 Å². The molecule has 1 N–H and O–H groups in total. The van der Waals surface area contributed by atoms with Crippen molar-refractivity contribution in [3.05, 3.63) is 64.1 Å². The van der Waals surface area contributed by atoms with Gasteiger partial charge < -0.3 is 0 Å². The summed E-state index contributed by atoms with van der Waals surface area (Å²) < 4.78 is 53.5. The van der Waals surface area contributed by atoms with Gasteiger partial charge in [-0.15, -0.1) is 0 Å². The average Bonchev–Trinajstić information content (AvgIpc) is 2.41. The van der Waals surface area contributed by atoms with Crippen molar-refractivity contribution in [1.29, 1.82) is 0 Å². The molecule has 2 rings (SSSR count). The van der Waals surface area contributed by atoms with Crippen molar-refractivity contribution in [1.82, 2.24) is 4.72 Å². The predicted molar refractivity (Wildman–Crippen MR) is 79.2 cm³/mol. The minimum atomic E-state index is -3.89. The predicted octanol–water partition coefficient (Wildman–Crippen LogP) is 3.77. The van der Waals surface area contributed by atoms with Crippen molar-refractivity contribution in [2.24, 2.45) is 0 Å². The summed E-state index contributed by atoms with van der Waals surface area (Å²) >= 11 is 2.96. The molecule has 0 aliphatic rings. The van der Waals surface area contributed by atoms with Crippen LogP contribution in [-0.4, -0.2) is 8.42 Å². The van der Waals surface area contributed by atoms with Crippen LogP contribution in [0.1, 0.15) is 18.5 Å². The van der Waals surface area contributed by atoms with E-state index in [4.69, 9.17) is 0 Å². The van der Waals surface area contributed by atoms with E-state index in [9.17, 15) is 17.2 Å². The van der Waals surface area contributed by atoms with Gasteiger partial charge in [0, 0.05) is 6.04 Å². The van der Waals surface area contributed by atoms with E-state index in [1.807, 2.05) is 0 Å². The first-order valence-electron chi connectivity index (χ1n) is 6.02. The number of rotatable bonds is 4. The molecule has 0 radical (unpaired) electrons. The number of hydrogen-bond donors (Lipinski definition) is 1. The summed E-state index contributed by atoms with van der Waals surface area (Å²) in [5.41, 5.74) is 0.483. The molecule has 0 aromatic heterocycles. The molecule has 0 spiro atoms. The van der Waals surface area contributed by atoms with Crippen LogP contribution in [0.5, 0.6) is 0 Å². The molecule has 0 saturated heterocycles. The smallest absolute Gasteiger partial charge is 0.207 e. The number of nitrogens with one attached hydrogen (secondary N) is 1. The molecule has 0 bridgehead atoms. The Morgan fingerprint density at radius 1 is 1.14 bits per heavy atom. The lowest BCUT2D eigenvalue weighted by atomic mass is 10.1. The number of halogens is 3. The molecule has 1 atom stereocenters. The highest BCUT2D eigenvalue weighted by Crippen LogP contribution is 2.21. The zero-order chi connectivity index (χ0) is 15.6. The van der Waals surface area contributed by atoms with Crippen LogP contribution in [0.4, 0.5) is 8.78 Å². The van der Waals surface area contributed by atoms with Crippen LogP contribution in [0, 0.1) is 11.6 Å². The van der Waals surface area contributed by atoms with Crippen molar-refractivity contribution < 1.29 is 17.2 Å². The topological polar surface area (TPSA) is 46.2 Å². The molecule has 0 aliphatic carbocycles. The lowest BCUT2D eigenvalue weighted by Gasteiger charge is -2.15. The highest BCUT2D eigenvalue weighted by atomic mass is 79.9. The average molecular weight is 376 g/mol. The molecule has 2 aromatic carbocycles. The van der Waals surface area contributed by atoms with Gasteiger partial charge >= 0.3 is 0 Å². The van der Waals surface area contributed by atoms with Gasteiger partial charge in [0.1, 0.15) is 11.6 Å². The molecule has 1 unspecified atom stereocenters. The fourth-order valence-electron chi connectivity index (χ4n) is 1.79. The summed E-state index contributed by atoms with van der Waals surface area (Å²) in [5, 5.41) is 0. The van der Waals surface area contributed by atoms with Gasteiger partial charge in [-0.25, -0.2) is 21.9 Å². The molecule has 0 saturated carbocycles. The standard InChI is InChI=1S/C14H12BrF2NO2S/c1-9(10-3-2-4-11(16)7-10)18-21(19,20)12-5-6-13(15)14(17)8-12/h2-9,18H,1H3. The second-order valence-electron chi connectivity index (χ2n) is 4.47. The van der Waals surface area contributed by atoms with Crippen molar-refractivity contribution in [3.8, 4) is 0 Å². The van der Waals surface area contributed by atoms with Gasteiger partial charge in [0.15, 0.2) is 0 Å². The minimum absolute atomic E-state index is 0.180. The van der Waals surface area contributed by atoms with E-state index < -0.39 is 27.7 Å². The largest absolute Gasteiger partial charge is 0.241 e. The Bertz CT molecular complexity index is 765. The minimum Gasteiger partial charge on any atom is -0.207 e. The van der Waals surface area contributed by atoms with E-state index in [-0.39, 0.29) is 9.37 Å². The fraction of sp³-hybridized carbons (Fsp3) is 0.143. The summed E-state index contributed by atoms with van der Waals surface area (Å²) in [6.07, 6.45) is 0. The maximum Gasteiger partial charge on any atom is 0.241 e. The fourth-order valence-corrected chi connectivity index (χ4v) is 3.28. The van der Waals surface area contributed by atoms with Crippen molar-refractivity contribution >= 4 is 26.0 Å². The Kier molecular flexibility index (Phi) is 4.75. The third-order valence-corrected chi connectivity index (χ3v) is 5.06. The van der Waals surface area contributed by atoms with Gasteiger partial charge in [0.25, 0.3) is 0 Å². The first kappa shape index (κ1) is 16.1. The Hall–Kier alpha value is -1.31. The Balaban J connectivity index is 2.26. The second kappa shape index (κ2) is 6.21. The normalized spacial score (nSPS) is 13.1. The summed E-state index contributed by atoms with van der Waals surface area (Å²) in [7, 11) is -3.89. The van der Waals surface area contributed by atoms with E-state index in [1.165, 1.54) is 30.3 Å². The lowest BCUT2D eigenvalue weighted by molar-refractivity contribution is 0.561. The van der Waals surface area contributed by atoms with E-state index >= 15 is 0 Å². The number of sulfonamides is 1.